The Kier molecular flexibility index (Phi) is 47.8. The second-order valence-electron chi connectivity index (χ2n) is 21.1. The monoisotopic (exact) mass is 969 g/mol. The van der Waals surface area contributed by atoms with Crippen LogP contribution in [0.5, 0.6) is 0 Å². The highest BCUT2D eigenvalue weighted by molar-refractivity contribution is 7.45. The Morgan fingerprint density at radius 1 is 0.522 bits per heavy atom. The molecule has 398 valence electrons. The van der Waals surface area contributed by atoms with Gasteiger partial charge >= 0.3 is 0 Å². The predicted molar refractivity (Wildman–Crippen MR) is 285 cm³/mol. The van der Waals surface area contributed by atoms with Crippen molar-refractivity contribution in [3.8, 4) is 0 Å². The minimum atomic E-state index is -4.68. The molecule has 10 heteroatoms. The number of nitrogens with zero attached hydrogens (tertiary/aromatic N) is 1. The number of hydrogen-bond acceptors (Lipinski definition) is 7. The van der Waals surface area contributed by atoms with Crippen molar-refractivity contribution in [3.05, 3.63) is 24.3 Å². The molecule has 0 rings (SSSR count). The van der Waals surface area contributed by atoms with Crippen LogP contribution in [0.15, 0.2) is 24.3 Å². The SMILES string of the molecule is CCCCC/C=C/CC/C=C/CCCC(O)C(O)C(COP(=O)([O-])OCC[N+](C)(C)C)NC(=O)CCCCCCCCCCCCCCCCCCCCCCCCCCCCCCCCC. The number of likely N-dealkylation sites (N-methyl/N-ethyl adjacent to an activating group) is 1. The first kappa shape index (κ1) is 65.9. The molecular formula is C57H113N2O7P. The number of phosphoric ester groups is 1. The lowest BCUT2D eigenvalue weighted by Gasteiger charge is -2.31. The van der Waals surface area contributed by atoms with Gasteiger partial charge in [-0.25, -0.2) is 0 Å². The summed E-state index contributed by atoms with van der Waals surface area (Å²) in [6.07, 6.45) is 57.0. The van der Waals surface area contributed by atoms with Crippen molar-refractivity contribution in [1.29, 1.82) is 0 Å². The van der Waals surface area contributed by atoms with Gasteiger partial charge in [-0.1, -0.05) is 244 Å². The van der Waals surface area contributed by atoms with Crippen LogP contribution < -0.4 is 10.2 Å². The predicted octanol–water partition coefficient (Wildman–Crippen LogP) is 15.5. The minimum Gasteiger partial charge on any atom is -0.756 e. The summed E-state index contributed by atoms with van der Waals surface area (Å²) in [7, 11) is 1.11. The van der Waals surface area contributed by atoms with Crippen LogP contribution in [0, 0.1) is 0 Å². The van der Waals surface area contributed by atoms with E-state index in [1.165, 1.54) is 199 Å². The molecule has 0 radical (unpaired) electrons. The van der Waals surface area contributed by atoms with Gasteiger partial charge in [0.1, 0.15) is 19.3 Å². The van der Waals surface area contributed by atoms with Crippen LogP contribution in [-0.4, -0.2) is 79.8 Å². The zero-order chi connectivity index (χ0) is 49.4. The van der Waals surface area contributed by atoms with E-state index < -0.39 is 32.7 Å². The molecule has 0 heterocycles. The molecule has 4 atom stereocenters. The maximum absolute atomic E-state index is 13.0. The van der Waals surface area contributed by atoms with Crippen molar-refractivity contribution < 1.29 is 38.0 Å². The summed E-state index contributed by atoms with van der Waals surface area (Å²) in [5.41, 5.74) is 0. The number of unbranched alkanes of at least 4 members (excludes halogenated alkanes) is 35. The van der Waals surface area contributed by atoms with Crippen molar-refractivity contribution in [2.24, 2.45) is 0 Å². The number of aliphatic hydroxyl groups is 2. The molecule has 3 N–H and O–H groups in total. The zero-order valence-corrected chi connectivity index (χ0v) is 45.9. The zero-order valence-electron chi connectivity index (χ0n) is 45.0. The molecule has 0 spiro atoms. The van der Waals surface area contributed by atoms with E-state index >= 15 is 0 Å². The molecule has 0 aromatic rings. The lowest BCUT2D eigenvalue weighted by atomic mass is 10.0. The summed E-state index contributed by atoms with van der Waals surface area (Å²) in [6.45, 7) is 4.41. The number of phosphoric acid groups is 1. The van der Waals surface area contributed by atoms with Gasteiger partial charge in [-0.15, -0.1) is 0 Å². The van der Waals surface area contributed by atoms with Gasteiger partial charge in [0.15, 0.2) is 0 Å². The van der Waals surface area contributed by atoms with Gasteiger partial charge in [0.25, 0.3) is 7.82 Å². The number of aliphatic hydroxyl groups excluding tert-OH is 2. The van der Waals surface area contributed by atoms with E-state index in [-0.39, 0.29) is 18.9 Å². The summed E-state index contributed by atoms with van der Waals surface area (Å²) in [5, 5.41) is 24.7. The standard InChI is InChI=1S/C57H113N2O7P/c1-6-8-10-12-14-16-18-20-21-22-23-24-25-26-27-28-29-30-31-32-33-34-35-36-37-38-40-42-44-46-48-50-56(61)58-54(53-66-67(63,64)65-52-51-59(3,4)5)57(62)55(60)49-47-45-43-41-39-19-17-15-13-11-9-7-2/h15,17,41,43,54-55,57,60,62H,6-14,16,18-40,42,44-53H2,1-5H3,(H-,58,61,63,64)/b17-15+,43-41+. The summed E-state index contributed by atoms with van der Waals surface area (Å²) in [4.78, 5) is 25.5. The van der Waals surface area contributed by atoms with Crippen LogP contribution >= 0.6 is 7.82 Å². The van der Waals surface area contributed by atoms with E-state index in [1.807, 2.05) is 21.1 Å². The third-order valence-corrected chi connectivity index (χ3v) is 14.2. The second-order valence-corrected chi connectivity index (χ2v) is 22.5. The van der Waals surface area contributed by atoms with Crippen molar-refractivity contribution in [1.82, 2.24) is 5.32 Å². The van der Waals surface area contributed by atoms with Crippen LogP contribution in [0.3, 0.4) is 0 Å². The first-order valence-corrected chi connectivity index (χ1v) is 30.2. The third-order valence-electron chi connectivity index (χ3n) is 13.3. The number of carbonyl (C=O) groups excluding carboxylic acids is 1. The number of amides is 1. The van der Waals surface area contributed by atoms with Gasteiger partial charge in [-0.2, -0.15) is 0 Å². The summed E-state index contributed by atoms with van der Waals surface area (Å²) >= 11 is 0. The third kappa shape index (κ3) is 49.7. The molecule has 0 aliphatic heterocycles. The number of hydrogen-bond donors (Lipinski definition) is 3. The molecule has 67 heavy (non-hydrogen) atoms. The lowest BCUT2D eigenvalue weighted by Crippen LogP contribution is -2.51. The highest BCUT2D eigenvalue weighted by Crippen LogP contribution is 2.38. The summed E-state index contributed by atoms with van der Waals surface area (Å²) in [6, 6.07) is -1.09. The first-order chi connectivity index (χ1) is 32.4. The molecule has 0 fully saturated rings. The number of allylic oxidation sites excluding steroid dienone is 4. The van der Waals surface area contributed by atoms with Gasteiger partial charge in [0.05, 0.1) is 39.9 Å². The molecule has 0 bridgehead atoms. The minimum absolute atomic E-state index is 0.0467. The van der Waals surface area contributed by atoms with Gasteiger partial charge < -0.3 is 34.0 Å². The molecular weight excluding hydrogens is 856 g/mol. The number of nitrogens with one attached hydrogen (secondary N) is 1. The van der Waals surface area contributed by atoms with Crippen LogP contribution in [0.2, 0.25) is 0 Å². The van der Waals surface area contributed by atoms with Crippen LogP contribution in [-0.2, 0) is 18.4 Å². The van der Waals surface area contributed by atoms with Crippen molar-refractivity contribution in [2.75, 3.05) is 40.9 Å². The fourth-order valence-corrected chi connectivity index (χ4v) is 9.41. The van der Waals surface area contributed by atoms with Crippen LogP contribution in [0.4, 0.5) is 0 Å². The van der Waals surface area contributed by atoms with E-state index in [1.54, 1.807) is 0 Å². The Labute approximate surface area is 416 Å². The number of carbonyl (C=O) groups is 1. The lowest BCUT2D eigenvalue weighted by molar-refractivity contribution is -0.870. The Bertz CT molecular complexity index is 1160. The molecule has 0 aromatic carbocycles. The molecule has 0 saturated carbocycles. The maximum atomic E-state index is 13.0. The highest BCUT2D eigenvalue weighted by Gasteiger charge is 2.29. The Hall–Kier alpha value is -1.06. The average Bonchev–Trinajstić information content (AvgIpc) is 3.29. The van der Waals surface area contributed by atoms with E-state index in [9.17, 15) is 24.5 Å². The molecule has 1 amide bonds. The molecule has 0 aromatic heterocycles. The summed E-state index contributed by atoms with van der Waals surface area (Å²) < 4.78 is 23.2. The summed E-state index contributed by atoms with van der Waals surface area (Å²) in [5.74, 6) is -0.288. The van der Waals surface area contributed by atoms with Crippen LogP contribution in [0.25, 0.3) is 0 Å². The second kappa shape index (κ2) is 48.6. The van der Waals surface area contributed by atoms with Gasteiger partial charge in [0.2, 0.25) is 5.91 Å². The van der Waals surface area contributed by atoms with Gasteiger partial charge in [-0.3, -0.25) is 9.36 Å². The fraction of sp³-hybridized carbons (Fsp3) is 0.912. The molecule has 9 nitrogen and oxygen atoms in total. The molecule has 0 aliphatic carbocycles. The van der Waals surface area contributed by atoms with Crippen molar-refractivity contribution in [3.63, 3.8) is 0 Å². The Morgan fingerprint density at radius 2 is 0.866 bits per heavy atom. The van der Waals surface area contributed by atoms with Gasteiger partial charge in [0, 0.05) is 6.42 Å². The van der Waals surface area contributed by atoms with E-state index in [0.717, 1.165) is 38.5 Å². The Balaban J connectivity index is 4.08. The van der Waals surface area contributed by atoms with Crippen molar-refractivity contribution in [2.45, 2.75) is 295 Å². The quantitative estimate of drug-likeness (QED) is 0.0240. The number of rotatable bonds is 53. The average molecular weight is 970 g/mol. The van der Waals surface area contributed by atoms with Crippen LogP contribution in [0.1, 0.15) is 277 Å². The topological polar surface area (TPSA) is 128 Å². The number of quaternary nitrogens is 1. The molecule has 0 aliphatic rings. The Morgan fingerprint density at radius 3 is 1.25 bits per heavy atom. The smallest absolute Gasteiger partial charge is 0.268 e. The fourth-order valence-electron chi connectivity index (χ4n) is 8.69. The normalized spacial score (nSPS) is 14.6. The highest BCUT2D eigenvalue weighted by atomic mass is 31.2. The largest absolute Gasteiger partial charge is 0.756 e. The van der Waals surface area contributed by atoms with Gasteiger partial charge in [-0.05, 0) is 51.4 Å². The van der Waals surface area contributed by atoms with E-state index in [0.29, 0.717) is 30.3 Å². The first-order valence-electron chi connectivity index (χ1n) is 28.8. The molecule has 0 saturated heterocycles. The maximum Gasteiger partial charge on any atom is 0.268 e. The van der Waals surface area contributed by atoms with E-state index in [4.69, 9.17) is 9.05 Å². The van der Waals surface area contributed by atoms with E-state index in [2.05, 4.69) is 43.5 Å². The molecule has 4 unspecified atom stereocenters. The van der Waals surface area contributed by atoms with Crippen molar-refractivity contribution >= 4 is 13.7 Å².